The second kappa shape index (κ2) is 6.17. The van der Waals surface area contributed by atoms with Crippen LogP contribution in [0.2, 0.25) is 0 Å². The molecule has 0 atom stereocenters. The normalized spacial score (nSPS) is 16.7. The minimum absolute atomic E-state index is 0.0352. The highest BCUT2D eigenvalue weighted by Crippen LogP contribution is 2.45. The molecule has 4 heteroatoms. The molecule has 4 nitrogen and oxygen atoms in total. The lowest BCUT2D eigenvalue weighted by molar-refractivity contribution is -0.142. The van der Waals surface area contributed by atoms with Gasteiger partial charge in [0.05, 0.1) is 18.6 Å². The molecule has 0 unspecified atom stereocenters. The van der Waals surface area contributed by atoms with Gasteiger partial charge in [0.1, 0.15) is 0 Å². The van der Waals surface area contributed by atoms with E-state index < -0.39 is 5.41 Å². The van der Waals surface area contributed by atoms with E-state index >= 15 is 0 Å². The Hall–Kier alpha value is -1.39. The number of hydrogen-bond acceptors (Lipinski definition) is 3. The zero-order valence-corrected chi connectivity index (χ0v) is 11.1. The summed E-state index contributed by atoms with van der Waals surface area (Å²) in [6, 6.07) is 9.83. The number of amides is 1. The standard InChI is InChI=1S/C15H21NO3/c17-11-9-16(10-12-18)14(19)15(7-4-8-15)13-5-2-1-3-6-13/h1-3,5-6,17-18H,4,7-12H2. The zero-order chi connectivity index (χ0) is 13.7. The van der Waals surface area contributed by atoms with E-state index in [1.165, 1.54) is 0 Å². The van der Waals surface area contributed by atoms with Gasteiger partial charge in [-0.3, -0.25) is 4.79 Å². The molecule has 1 aromatic rings. The van der Waals surface area contributed by atoms with Crippen molar-refractivity contribution in [1.29, 1.82) is 0 Å². The Balaban J connectivity index is 2.23. The Kier molecular flexibility index (Phi) is 4.56. The minimum atomic E-state index is -0.439. The first kappa shape index (κ1) is 14.0. The van der Waals surface area contributed by atoms with Crippen LogP contribution in [0.25, 0.3) is 0 Å². The van der Waals surface area contributed by atoms with Crippen molar-refractivity contribution in [3.8, 4) is 0 Å². The fourth-order valence-electron chi connectivity index (χ4n) is 2.77. The quantitative estimate of drug-likeness (QED) is 0.802. The van der Waals surface area contributed by atoms with Gasteiger partial charge in [0.2, 0.25) is 5.91 Å². The molecule has 0 aromatic heterocycles. The van der Waals surface area contributed by atoms with Crippen molar-refractivity contribution < 1.29 is 15.0 Å². The van der Waals surface area contributed by atoms with Gasteiger partial charge in [-0.2, -0.15) is 0 Å². The third-order valence-electron chi connectivity index (χ3n) is 3.97. The van der Waals surface area contributed by atoms with E-state index in [-0.39, 0.29) is 32.2 Å². The summed E-state index contributed by atoms with van der Waals surface area (Å²) in [6.07, 6.45) is 2.75. The number of benzene rings is 1. The Morgan fingerprint density at radius 1 is 1.11 bits per heavy atom. The third kappa shape index (κ3) is 2.65. The summed E-state index contributed by atoms with van der Waals surface area (Å²) < 4.78 is 0. The molecule has 0 heterocycles. The summed E-state index contributed by atoms with van der Waals surface area (Å²) in [5.41, 5.74) is 0.609. The van der Waals surface area contributed by atoms with E-state index in [1.54, 1.807) is 4.90 Å². The number of hydrogen-bond donors (Lipinski definition) is 2. The highest BCUT2D eigenvalue weighted by atomic mass is 16.3. The predicted molar refractivity (Wildman–Crippen MR) is 72.7 cm³/mol. The summed E-state index contributed by atoms with van der Waals surface area (Å²) in [6.45, 7) is 0.426. The van der Waals surface area contributed by atoms with Crippen LogP contribution in [0, 0.1) is 0 Å². The number of aliphatic hydroxyl groups excluding tert-OH is 2. The number of aliphatic hydroxyl groups is 2. The second-order valence-electron chi connectivity index (χ2n) is 5.04. The molecule has 0 spiro atoms. The maximum Gasteiger partial charge on any atom is 0.233 e. The molecule has 1 aromatic carbocycles. The average molecular weight is 263 g/mol. The van der Waals surface area contributed by atoms with Crippen LogP contribution in [0.15, 0.2) is 30.3 Å². The lowest BCUT2D eigenvalue weighted by Gasteiger charge is -2.44. The van der Waals surface area contributed by atoms with Crippen LogP contribution in [0.3, 0.4) is 0 Å². The van der Waals surface area contributed by atoms with Gasteiger partial charge in [-0.25, -0.2) is 0 Å². The van der Waals surface area contributed by atoms with Crippen LogP contribution in [0.1, 0.15) is 24.8 Å². The van der Waals surface area contributed by atoms with Gasteiger partial charge < -0.3 is 15.1 Å². The van der Waals surface area contributed by atoms with Gasteiger partial charge in [0.15, 0.2) is 0 Å². The van der Waals surface area contributed by atoms with Crippen molar-refractivity contribution in [2.75, 3.05) is 26.3 Å². The Morgan fingerprint density at radius 3 is 2.11 bits per heavy atom. The van der Waals surface area contributed by atoms with E-state index in [1.807, 2.05) is 30.3 Å². The Morgan fingerprint density at radius 2 is 1.68 bits per heavy atom. The molecule has 1 aliphatic carbocycles. The fraction of sp³-hybridized carbons (Fsp3) is 0.533. The van der Waals surface area contributed by atoms with Gasteiger partial charge in [0.25, 0.3) is 0 Å². The lowest BCUT2D eigenvalue weighted by atomic mass is 9.63. The monoisotopic (exact) mass is 263 g/mol. The molecule has 1 fully saturated rings. The molecule has 0 radical (unpaired) electrons. The van der Waals surface area contributed by atoms with Crippen molar-refractivity contribution in [2.24, 2.45) is 0 Å². The number of carbonyl (C=O) groups is 1. The van der Waals surface area contributed by atoms with Gasteiger partial charge >= 0.3 is 0 Å². The highest BCUT2D eigenvalue weighted by Gasteiger charge is 2.47. The topological polar surface area (TPSA) is 60.8 Å². The molecule has 0 bridgehead atoms. The lowest BCUT2D eigenvalue weighted by Crippen LogP contribution is -2.52. The SMILES string of the molecule is O=C(N(CCO)CCO)C1(c2ccccc2)CCC1. The molecule has 2 N–H and O–H groups in total. The number of carbonyl (C=O) groups excluding carboxylic acids is 1. The maximum absolute atomic E-state index is 12.7. The van der Waals surface area contributed by atoms with Crippen molar-refractivity contribution in [3.63, 3.8) is 0 Å². The Bertz CT molecular complexity index is 409. The average Bonchev–Trinajstić information content (AvgIpc) is 2.38. The summed E-state index contributed by atoms with van der Waals surface area (Å²) in [5.74, 6) is 0.0352. The second-order valence-corrected chi connectivity index (χ2v) is 5.04. The van der Waals surface area contributed by atoms with Gasteiger partial charge in [0, 0.05) is 13.1 Å². The minimum Gasteiger partial charge on any atom is -0.395 e. The van der Waals surface area contributed by atoms with Crippen molar-refractivity contribution >= 4 is 5.91 Å². The van der Waals surface area contributed by atoms with Crippen molar-refractivity contribution in [3.05, 3.63) is 35.9 Å². The van der Waals surface area contributed by atoms with Crippen molar-refractivity contribution in [2.45, 2.75) is 24.7 Å². The molecule has 1 aliphatic rings. The molecule has 0 aliphatic heterocycles. The zero-order valence-electron chi connectivity index (χ0n) is 11.1. The number of rotatable bonds is 6. The maximum atomic E-state index is 12.7. The van der Waals surface area contributed by atoms with Crippen LogP contribution in [-0.2, 0) is 10.2 Å². The molecular formula is C15H21NO3. The summed E-state index contributed by atoms with van der Waals surface area (Å²) >= 11 is 0. The van der Waals surface area contributed by atoms with Gasteiger partial charge in [-0.15, -0.1) is 0 Å². The molecule has 1 amide bonds. The van der Waals surface area contributed by atoms with Crippen LogP contribution in [0.5, 0.6) is 0 Å². The molecule has 2 rings (SSSR count). The Labute approximate surface area is 113 Å². The van der Waals surface area contributed by atoms with Crippen molar-refractivity contribution in [1.82, 2.24) is 4.90 Å². The molecule has 19 heavy (non-hydrogen) atoms. The van der Waals surface area contributed by atoms with Crippen LogP contribution in [0.4, 0.5) is 0 Å². The van der Waals surface area contributed by atoms with E-state index in [9.17, 15) is 4.79 Å². The van der Waals surface area contributed by atoms with Crippen LogP contribution in [-0.4, -0.2) is 47.3 Å². The summed E-state index contributed by atoms with van der Waals surface area (Å²) in [5, 5.41) is 18.1. The van der Waals surface area contributed by atoms with E-state index in [4.69, 9.17) is 10.2 Å². The molecule has 0 saturated heterocycles. The predicted octanol–water partition coefficient (Wildman–Crippen LogP) is 0.921. The first-order chi connectivity index (χ1) is 9.24. The largest absolute Gasteiger partial charge is 0.395 e. The smallest absolute Gasteiger partial charge is 0.233 e. The summed E-state index contributed by atoms with van der Waals surface area (Å²) in [4.78, 5) is 14.3. The number of nitrogens with zero attached hydrogens (tertiary/aromatic N) is 1. The molecule has 1 saturated carbocycles. The molecular weight excluding hydrogens is 242 g/mol. The van der Waals surface area contributed by atoms with Crippen LogP contribution >= 0.6 is 0 Å². The highest BCUT2D eigenvalue weighted by molar-refractivity contribution is 5.89. The first-order valence-corrected chi connectivity index (χ1v) is 6.81. The van der Waals surface area contributed by atoms with E-state index in [2.05, 4.69) is 0 Å². The third-order valence-corrected chi connectivity index (χ3v) is 3.97. The van der Waals surface area contributed by atoms with E-state index in [0.29, 0.717) is 0 Å². The van der Waals surface area contributed by atoms with E-state index in [0.717, 1.165) is 24.8 Å². The summed E-state index contributed by atoms with van der Waals surface area (Å²) in [7, 11) is 0. The first-order valence-electron chi connectivity index (χ1n) is 6.81. The van der Waals surface area contributed by atoms with Gasteiger partial charge in [-0.1, -0.05) is 36.8 Å². The fourth-order valence-corrected chi connectivity index (χ4v) is 2.77. The van der Waals surface area contributed by atoms with Gasteiger partial charge in [-0.05, 0) is 18.4 Å². The molecule has 104 valence electrons. The van der Waals surface area contributed by atoms with Crippen LogP contribution < -0.4 is 0 Å².